The smallest absolute Gasteiger partial charge is 0.264 e. The van der Waals surface area contributed by atoms with Crippen LogP contribution in [0.15, 0.2) is 18.2 Å². The lowest BCUT2D eigenvalue weighted by Gasteiger charge is -2.27. The molecule has 4 nitrogen and oxygen atoms in total. The van der Waals surface area contributed by atoms with Gasteiger partial charge in [0.1, 0.15) is 12.0 Å². The zero-order valence-corrected chi connectivity index (χ0v) is 9.10. The summed E-state index contributed by atoms with van der Waals surface area (Å²) in [6.07, 6.45) is 2.00. The summed E-state index contributed by atoms with van der Waals surface area (Å²) in [5.41, 5.74) is 1.75. The zero-order valence-electron chi connectivity index (χ0n) is 9.10. The Morgan fingerprint density at radius 1 is 1.50 bits per heavy atom. The second kappa shape index (κ2) is 4.35. The summed E-state index contributed by atoms with van der Waals surface area (Å²) >= 11 is 0. The molecule has 0 saturated heterocycles. The van der Waals surface area contributed by atoms with E-state index < -0.39 is 0 Å². The van der Waals surface area contributed by atoms with Crippen molar-refractivity contribution in [2.75, 3.05) is 18.6 Å². The van der Waals surface area contributed by atoms with E-state index in [-0.39, 0.29) is 12.5 Å². The minimum Gasteiger partial charge on any atom is -0.481 e. The van der Waals surface area contributed by atoms with E-state index in [0.29, 0.717) is 12.8 Å². The Kier molecular flexibility index (Phi) is 2.90. The Labute approximate surface area is 93.8 Å². The summed E-state index contributed by atoms with van der Waals surface area (Å²) in [4.78, 5) is 23.4. The van der Waals surface area contributed by atoms with E-state index in [1.165, 1.54) is 0 Å². The summed E-state index contributed by atoms with van der Waals surface area (Å²) in [5.74, 6) is 0.673. The van der Waals surface area contributed by atoms with Crippen molar-refractivity contribution < 1.29 is 14.3 Å². The number of hydrogen-bond acceptors (Lipinski definition) is 3. The van der Waals surface area contributed by atoms with Crippen molar-refractivity contribution >= 4 is 17.9 Å². The third-order valence-electron chi connectivity index (χ3n) is 2.68. The summed E-state index contributed by atoms with van der Waals surface area (Å²) in [6, 6.07) is 5.64. The third kappa shape index (κ3) is 1.78. The number of aryl methyl sites for hydroxylation is 1. The number of benzene rings is 1. The van der Waals surface area contributed by atoms with Gasteiger partial charge in [0.25, 0.3) is 5.91 Å². The van der Waals surface area contributed by atoms with E-state index in [1.807, 2.05) is 18.2 Å². The van der Waals surface area contributed by atoms with Crippen molar-refractivity contribution in [2.45, 2.75) is 12.8 Å². The number of para-hydroxylation sites is 1. The van der Waals surface area contributed by atoms with Crippen molar-refractivity contribution in [3.8, 4) is 5.75 Å². The second-order valence-corrected chi connectivity index (χ2v) is 3.71. The highest BCUT2D eigenvalue weighted by molar-refractivity contribution is 5.97. The molecule has 0 N–H and O–H groups in total. The van der Waals surface area contributed by atoms with Gasteiger partial charge in [0.2, 0.25) is 0 Å². The van der Waals surface area contributed by atoms with E-state index >= 15 is 0 Å². The Morgan fingerprint density at radius 3 is 3.06 bits per heavy atom. The normalized spacial score (nSPS) is 14.3. The van der Waals surface area contributed by atoms with Crippen molar-refractivity contribution in [1.29, 1.82) is 0 Å². The first-order valence-electron chi connectivity index (χ1n) is 5.19. The highest BCUT2D eigenvalue weighted by atomic mass is 16.5. The summed E-state index contributed by atoms with van der Waals surface area (Å²) in [6.45, 7) is 0.0710. The van der Waals surface area contributed by atoms with Gasteiger partial charge in [-0.15, -0.1) is 0 Å². The number of rotatable bonds is 3. The molecule has 0 atom stereocenters. The number of ether oxygens (including phenoxy) is 1. The van der Waals surface area contributed by atoms with Gasteiger partial charge in [0.05, 0.1) is 5.69 Å². The molecular formula is C12H13NO3. The molecule has 0 saturated carbocycles. The molecule has 1 amide bonds. The van der Waals surface area contributed by atoms with Gasteiger partial charge >= 0.3 is 0 Å². The lowest BCUT2D eigenvalue weighted by atomic mass is 10.1. The van der Waals surface area contributed by atoms with Crippen LogP contribution in [0.5, 0.6) is 5.75 Å². The van der Waals surface area contributed by atoms with Gasteiger partial charge < -0.3 is 14.4 Å². The molecule has 1 aromatic carbocycles. The van der Waals surface area contributed by atoms with Crippen molar-refractivity contribution in [3.63, 3.8) is 0 Å². The van der Waals surface area contributed by atoms with Crippen LogP contribution < -0.4 is 9.64 Å². The Morgan fingerprint density at radius 2 is 2.31 bits per heavy atom. The maximum absolute atomic E-state index is 11.4. The average molecular weight is 219 g/mol. The predicted molar refractivity (Wildman–Crippen MR) is 59.7 cm³/mol. The Balaban J connectivity index is 2.36. The molecule has 0 aliphatic carbocycles. The first-order valence-corrected chi connectivity index (χ1v) is 5.19. The second-order valence-electron chi connectivity index (χ2n) is 3.71. The first-order chi connectivity index (χ1) is 7.74. The quantitative estimate of drug-likeness (QED) is 0.717. The number of anilines is 1. The maximum Gasteiger partial charge on any atom is 0.264 e. The SMILES string of the molecule is CN1C(=O)COc2c(CCC=O)cccc21. The monoisotopic (exact) mass is 219 g/mol. The molecule has 0 bridgehead atoms. The number of hydrogen-bond donors (Lipinski definition) is 0. The predicted octanol–water partition coefficient (Wildman–Crippen LogP) is 1.17. The van der Waals surface area contributed by atoms with Crippen molar-refractivity contribution in [3.05, 3.63) is 23.8 Å². The fraction of sp³-hybridized carbons (Fsp3) is 0.333. The molecule has 16 heavy (non-hydrogen) atoms. The van der Waals surface area contributed by atoms with E-state index in [0.717, 1.165) is 23.3 Å². The number of carbonyl (C=O) groups excluding carboxylic acids is 2. The van der Waals surface area contributed by atoms with E-state index in [9.17, 15) is 9.59 Å². The van der Waals surface area contributed by atoms with Gasteiger partial charge in [-0.1, -0.05) is 12.1 Å². The third-order valence-corrected chi connectivity index (χ3v) is 2.68. The Hall–Kier alpha value is -1.84. The fourth-order valence-corrected chi connectivity index (χ4v) is 1.78. The molecule has 84 valence electrons. The summed E-state index contributed by atoms with van der Waals surface area (Å²) < 4.78 is 5.43. The molecule has 4 heteroatoms. The van der Waals surface area contributed by atoms with E-state index in [4.69, 9.17) is 4.74 Å². The molecule has 1 heterocycles. The number of carbonyl (C=O) groups is 2. The van der Waals surface area contributed by atoms with Crippen LogP contribution in [-0.4, -0.2) is 25.8 Å². The van der Waals surface area contributed by atoms with Crippen molar-refractivity contribution in [2.24, 2.45) is 0 Å². The molecule has 0 spiro atoms. The van der Waals surface area contributed by atoms with Crippen LogP contribution in [0.4, 0.5) is 5.69 Å². The van der Waals surface area contributed by atoms with Gasteiger partial charge in [-0.2, -0.15) is 0 Å². The maximum atomic E-state index is 11.4. The topological polar surface area (TPSA) is 46.6 Å². The number of likely N-dealkylation sites (N-methyl/N-ethyl adjacent to an activating group) is 1. The Bertz CT molecular complexity index is 428. The highest BCUT2D eigenvalue weighted by Crippen LogP contribution is 2.34. The van der Waals surface area contributed by atoms with Gasteiger partial charge in [-0.3, -0.25) is 4.79 Å². The lowest BCUT2D eigenvalue weighted by molar-refractivity contribution is -0.121. The molecule has 0 unspecified atom stereocenters. The van der Waals surface area contributed by atoms with Gasteiger partial charge in [0.15, 0.2) is 6.61 Å². The fourth-order valence-electron chi connectivity index (χ4n) is 1.78. The average Bonchev–Trinajstić information content (AvgIpc) is 2.31. The molecule has 1 aliphatic rings. The van der Waals surface area contributed by atoms with Crippen LogP contribution in [0.2, 0.25) is 0 Å². The number of fused-ring (bicyclic) bond motifs is 1. The molecule has 0 fully saturated rings. The molecule has 1 aliphatic heterocycles. The van der Waals surface area contributed by atoms with E-state index in [2.05, 4.69) is 0 Å². The van der Waals surface area contributed by atoms with Crippen LogP contribution in [0.25, 0.3) is 0 Å². The van der Waals surface area contributed by atoms with Crippen LogP contribution in [0, 0.1) is 0 Å². The van der Waals surface area contributed by atoms with Gasteiger partial charge in [0, 0.05) is 13.5 Å². The summed E-state index contributed by atoms with van der Waals surface area (Å²) in [5, 5.41) is 0. The molecule has 0 aromatic heterocycles. The summed E-state index contributed by atoms with van der Waals surface area (Å²) in [7, 11) is 1.73. The molecule has 2 rings (SSSR count). The zero-order chi connectivity index (χ0) is 11.5. The first kappa shape index (κ1) is 10.7. The standard InChI is InChI=1S/C12H13NO3/c1-13-10-6-2-4-9(5-3-7-14)12(10)16-8-11(13)15/h2,4,6-7H,3,5,8H2,1H3. The van der Waals surface area contributed by atoms with Crippen LogP contribution in [0.1, 0.15) is 12.0 Å². The largest absolute Gasteiger partial charge is 0.481 e. The number of nitrogens with zero attached hydrogens (tertiary/aromatic N) is 1. The van der Waals surface area contributed by atoms with Gasteiger partial charge in [-0.05, 0) is 18.1 Å². The lowest BCUT2D eigenvalue weighted by Crippen LogP contribution is -2.35. The number of amides is 1. The van der Waals surface area contributed by atoms with Crippen LogP contribution in [0.3, 0.4) is 0 Å². The molecular weight excluding hydrogens is 206 g/mol. The molecule has 0 radical (unpaired) electrons. The minimum absolute atomic E-state index is 0.0555. The molecule has 1 aromatic rings. The van der Waals surface area contributed by atoms with Crippen LogP contribution >= 0.6 is 0 Å². The van der Waals surface area contributed by atoms with Crippen molar-refractivity contribution in [1.82, 2.24) is 0 Å². The number of aldehydes is 1. The van der Waals surface area contributed by atoms with E-state index in [1.54, 1.807) is 11.9 Å². The minimum atomic E-state index is -0.0555. The van der Waals surface area contributed by atoms with Crippen LogP contribution in [-0.2, 0) is 16.0 Å². The highest BCUT2D eigenvalue weighted by Gasteiger charge is 2.23. The van der Waals surface area contributed by atoms with Gasteiger partial charge in [-0.25, -0.2) is 0 Å².